The highest BCUT2D eigenvalue weighted by Gasteiger charge is 2.10. The first-order chi connectivity index (χ1) is 9.86. The summed E-state index contributed by atoms with van der Waals surface area (Å²) in [5.74, 6) is 0. The number of anilines is 1. The molecule has 1 unspecified atom stereocenters. The van der Waals surface area contributed by atoms with Gasteiger partial charge in [0.1, 0.15) is 0 Å². The zero-order valence-corrected chi connectivity index (χ0v) is 12.2. The molecule has 4 heteroatoms. The number of thiophene rings is 1. The number of imidazole rings is 1. The summed E-state index contributed by atoms with van der Waals surface area (Å²) in [7, 11) is 0. The molecule has 0 saturated carbocycles. The molecule has 102 valence electrons. The molecule has 2 aromatic heterocycles. The van der Waals surface area contributed by atoms with Gasteiger partial charge in [-0.15, -0.1) is 11.3 Å². The predicted octanol–water partition coefficient (Wildman–Crippen LogP) is 4.50. The van der Waals surface area contributed by atoms with Gasteiger partial charge >= 0.3 is 0 Å². The molecular weight excluding hydrogens is 266 g/mol. The third-order valence-corrected chi connectivity index (χ3v) is 4.27. The van der Waals surface area contributed by atoms with Crippen LogP contribution >= 0.6 is 11.3 Å². The first-order valence-corrected chi connectivity index (χ1v) is 7.63. The van der Waals surface area contributed by atoms with E-state index in [-0.39, 0.29) is 0 Å². The van der Waals surface area contributed by atoms with E-state index >= 15 is 0 Å². The van der Waals surface area contributed by atoms with Crippen LogP contribution in [-0.2, 0) is 0 Å². The van der Waals surface area contributed by atoms with Crippen LogP contribution in [0.3, 0.4) is 0 Å². The van der Waals surface area contributed by atoms with Gasteiger partial charge in [-0.25, -0.2) is 4.98 Å². The summed E-state index contributed by atoms with van der Waals surface area (Å²) in [5, 5.41) is 5.74. The van der Waals surface area contributed by atoms with Crippen molar-refractivity contribution in [3.8, 4) is 5.69 Å². The Bertz CT molecular complexity index is 644. The van der Waals surface area contributed by atoms with Gasteiger partial charge in [0.15, 0.2) is 0 Å². The number of benzene rings is 1. The summed E-state index contributed by atoms with van der Waals surface area (Å²) in [4.78, 5) is 5.47. The maximum absolute atomic E-state index is 4.09. The molecule has 2 heterocycles. The first-order valence-electron chi connectivity index (χ1n) is 6.75. The van der Waals surface area contributed by atoms with E-state index in [4.69, 9.17) is 0 Å². The van der Waals surface area contributed by atoms with Crippen molar-refractivity contribution in [3.05, 3.63) is 65.4 Å². The van der Waals surface area contributed by atoms with Crippen molar-refractivity contribution in [2.75, 3.05) is 5.32 Å². The Labute approximate surface area is 122 Å². The fraction of sp³-hybridized carbons (Fsp3) is 0.188. The Morgan fingerprint density at radius 1 is 1.30 bits per heavy atom. The highest BCUT2D eigenvalue weighted by atomic mass is 32.1. The van der Waals surface area contributed by atoms with Crippen LogP contribution in [0.25, 0.3) is 5.69 Å². The monoisotopic (exact) mass is 283 g/mol. The number of hydrogen-bond donors (Lipinski definition) is 1. The van der Waals surface area contributed by atoms with Gasteiger partial charge in [-0.2, -0.15) is 0 Å². The molecule has 0 spiro atoms. The van der Waals surface area contributed by atoms with Crippen LogP contribution in [0.1, 0.15) is 24.3 Å². The Hall–Kier alpha value is -2.07. The minimum absolute atomic E-state index is 0.369. The van der Waals surface area contributed by atoms with E-state index in [9.17, 15) is 0 Å². The van der Waals surface area contributed by atoms with E-state index in [1.54, 1.807) is 17.5 Å². The average Bonchev–Trinajstić information content (AvgIpc) is 3.17. The van der Waals surface area contributed by atoms with E-state index in [2.05, 4.69) is 59.0 Å². The molecular formula is C16H17N3S. The predicted molar refractivity (Wildman–Crippen MR) is 84.5 cm³/mol. The zero-order valence-electron chi connectivity index (χ0n) is 11.4. The fourth-order valence-corrected chi connectivity index (χ4v) is 3.09. The molecule has 0 bridgehead atoms. The number of nitrogens with zero attached hydrogens (tertiary/aromatic N) is 2. The summed E-state index contributed by atoms with van der Waals surface area (Å²) in [6, 6.07) is 13.1. The molecule has 3 nitrogen and oxygen atoms in total. The molecule has 0 fully saturated rings. The number of nitrogens with one attached hydrogen (secondary N) is 1. The van der Waals surface area contributed by atoms with Crippen molar-refractivity contribution < 1.29 is 0 Å². The standard InChI is InChI=1S/C16H17N3S/c1-2-15(16-7-4-10-20-16)18-13-5-3-6-14(11-13)19-9-8-17-12-19/h3-12,15,18H,2H2,1H3. The molecule has 0 saturated heterocycles. The Balaban J connectivity index is 1.82. The number of rotatable bonds is 5. The van der Waals surface area contributed by atoms with Crippen LogP contribution in [0.15, 0.2) is 60.5 Å². The molecule has 3 rings (SSSR count). The van der Waals surface area contributed by atoms with Crippen molar-refractivity contribution >= 4 is 17.0 Å². The second kappa shape index (κ2) is 5.92. The largest absolute Gasteiger partial charge is 0.377 e. The Morgan fingerprint density at radius 2 is 2.25 bits per heavy atom. The molecule has 1 N–H and O–H groups in total. The zero-order chi connectivity index (χ0) is 13.8. The molecule has 0 amide bonds. The van der Waals surface area contributed by atoms with E-state index < -0.39 is 0 Å². The molecule has 1 aromatic carbocycles. The lowest BCUT2D eigenvalue weighted by atomic mass is 10.1. The first kappa shape index (κ1) is 12.9. The van der Waals surface area contributed by atoms with Crippen LogP contribution in [0.4, 0.5) is 5.69 Å². The average molecular weight is 283 g/mol. The quantitative estimate of drug-likeness (QED) is 0.747. The maximum atomic E-state index is 4.09. The smallest absolute Gasteiger partial charge is 0.0991 e. The molecule has 0 aliphatic heterocycles. The number of aromatic nitrogens is 2. The van der Waals surface area contributed by atoms with Crippen LogP contribution < -0.4 is 5.32 Å². The van der Waals surface area contributed by atoms with Crippen molar-refractivity contribution in [2.45, 2.75) is 19.4 Å². The van der Waals surface area contributed by atoms with Gasteiger partial charge < -0.3 is 9.88 Å². The summed E-state index contributed by atoms with van der Waals surface area (Å²) in [6.07, 6.45) is 6.63. The number of hydrogen-bond acceptors (Lipinski definition) is 3. The lowest BCUT2D eigenvalue weighted by molar-refractivity contribution is 0.764. The minimum Gasteiger partial charge on any atom is -0.377 e. The third kappa shape index (κ3) is 2.75. The van der Waals surface area contributed by atoms with Crippen LogP contribution in [0, 0.1) is 0 Å². The van der Waals surface area contributed by atoms with Gasteiger partial charge in [0.05, 0.1) is 12.4 Å². The van der Waals surface area contributed by atoms with E-state index in [1.807, 2.05) is 17.1 Å². The van der Waals surface area contributed by atoms with Gasteiger partial charge in [-0.1, -0.05) is 19.1 Å². The Morgan fingerprint density at radius 3 is 2.95 bits per heavy atom. The normalized spacial score (nSPS) is 12.2. The molecule has 0 aliphatic carbocycles. The molecule has 20 heavy (non-hydrogen) atoms. The SMILES string of the molecule is CCC(Nc1cccc(-n2ccnc2)c1)c1cccs1. The molecule has 3 aromatic rings. The Kier molecular flexibility index (Phi) is 3.83. The van der Waals surface area contributed by atoms with Gasteiger partial charge in [0.25, 0.3) is 0 Å². The lowest BCUT2D eigenvalue weighted by Gasteiger charge is -2.17. The van der Waals surface area contributed by atoms with E-state index in [0.717, 1.165) is 17.8 Å². The second-order valence-electron chi connectivity index (χ2n) is 4.64. The summed E-state index contributed by atoms with van der Waals surface area (Å²) in [6.45, 7) is 2.21. The second-order valence-corrected chi connectivity index (χ2v) is 5.62. The topological polar surface area (TPSA) is 29.9 Å². The third-order valence-electron chi connectivity index (χ3n) is 3.28. The van der Waals surface area contributed by atoms with E-state index in [0.29, 0.717) is 6.04 Å². The van der Waals surface area contributed by atoms with Crippen LogP contribution in [0.5, 0.6) is 0 Å². The van der Waals surface area contributed by atoms with Crippen molar-refractivity contribution in [1.29, 1.82) is 0 Å². The van der Waals surface area contributed by atoms with Crippen molar-refractivity contribution in [1.82, 2.24) is 9.55 Å². The van der Waals surface area contributed by atoms with Gasteiger partial charge in [0.2, 0.25) is 0 Å². The lowest BCUT2D eigenvalue weighted by Crippen LogP contribution is -2.08. The van der Waals surface area contributed by atoms with Crippen LogP contribution in [0.2, 0.25) is 0 Å². The maximum Gasteiger partial charge on any atom is 0.0991 e. The van der Waals surface area contributed by atoms with Crippen LogP contribution in [-0.4, -0.2) is 9.55 Å². The summed E-state index contributed by atoms with van der Waals surface area (Å²) < 4.78 is 2.01. The summed E-state index contributed by atoms with van der Waals surface area (Å²) in [5.41, 5.74) is 2.25. The van der Waals surface area contributed by atoms with Gasteiger partial charge in [0, 0.05) is 28.6 Å². The fourth-order valence-electron chi connectivity index (χ4n) is 2.23. The molecule has 1 atom stereocenters. The molecule has 0 radical (unpaired) electrons. The molecule has 0 aliphatic rings. The highest BCUT2D eigenvalue weighted by molar-refractivity contribution is 7.10. The van der Waals surface area contributed by atoms with Crippen molar-refractivity contribution in [3.63, 3.8) is 0 Å². The van der Waals surface area contributed by atoms with Gasteiger partial charge in [-0.3, -0.25) is 0 Å². The summed E-state index contributed by atoms with van der Waals surface area (Å²) >= 11 is 1.80. The van der Waals surface area contributed by atoms with E-state index in [1.165, 1.54) is 4.88 Å². The highest BCUT2D eigenvalue weighted by Crippen LogP contribution is 2.26. The van der Waals surface area contributed by atoms with Gasteiger partial charge in [-0.05, 0) is 36.1 Å². The minimum atomic E-state index is 0.369. The van der Waals surface area contributed by atoms with Crippen molar-refractivity contribution in [2.24, 2.45) is 0 Å².